The third-order valence-electron chi connectivity index (χ3n) is 2.34. The van der Waals surface area contributed by atoms with Gasteiger partial charge in [0.15, 0.2) is 11.3 Å². The molecular formula is C12H10ClN3O2. The molecule has 1 N–H and O–H groups in total. The summed E-state index contributed by atoms with van der Waals surface area (Å²) in [7, 11) is 0. The molecule has 1 aromatic carbocycles. The molecule has 0 saturated heterocycles. The lowest BCUT2D eigenvalue weighted by atomic mass is 10.1. The second-order valence-corrected chi connectivity index (χ2v) is 3.95. The Bertz CT molecular complexity index is 623. The van der Waals surface area contributed by atoms with E-state index in [4.69, 9.17) is 16.8 Å². The zero-order valence-corrected chi connectivity index (χ0v) is 10.1. The maximum absolute atomic E-state index is 12.0. The molecule has 0 spiro atoms. The number of hydrogen-bond donors (Lipinski definition) is 1. The molecule has 1 aromatic heterocycles. The van der Waals surface area contributed by atoms with Crippen LogP contribution in [-0.4, -0.2) is 20.8 Å². The third kappa shape index (κ3) is 2.75. The topological polar surface area (TPSA) is 67.5 Å². The number of Topliss-reactive ketones (excluding diaryl/α,β-unsaturated/α-hetero) is 1. The summed E-state index contributed by atoms with van der Waals surface area (Å²) in [4.78, 5) is 12.0. The van der Waals surface area contributed by atoms with E-state index in [0.29, 0.717) is 5.56 Å². The molecule has 5 nitrogen and oxygen atoms in total. The van der Waals surface area contributed by atoms with Gasteiger partial charge < -0.3 is 5.21 Å². The van der Waals surface area contributed by atoms with E-state index in [9.17, 15) is 4.79 Å². The van der Waals surface area contributed by atoms with Crippen molar-refractivity contribution in [1.82, 2.24) is 9.78 Å². The molecule has 0 fully saturated rings. The molecule has 0 radical (unpaired) electrons. The van der Waals surface area contributed by atoms with Crippen molar-refractivity contribution in [2.45, 2.75) is 6.54 Å². The number of halogens is 1. The Morgan fingerprint density at radius 3 is 2.67 bits per heavy atom. The summed E-state index contributed by atoms with van der Waals surface area (Å²) in [5.74, 6) is -0.139. The highest BCUT2D eigenvalue weighted by atomic mass is 35.5. The molecule has 0 saturated carbocycles. The first-order chi connectivity index (χ1) is 8.70. The summed E-state index contributed by atoms with van der Waals surface area (Å²) in [6.45, 7) is -0.0377. The molecule has 6 heteroatoms. The van der Waals surface area contributed by atoms with E-state index in [2.05, 4.69) is 10.3 Å². The molecule has 1 heterocycles. The van der Waals surface area contributed by atoms with E-state index in [1.807, 2.05) is 6.07 Å². The number of rotatable bonds is 3. The number of ketones is 1. The van der Waals surface area contributed by atoms with Crippen molar-refractivity contribution in [3.63, 3.8) is 0 Å². The number of aromatic nitrogens is 2. The zero-order valence-electron chi connectivity index (χ0n) is 9.32. The summed E-state index contributed by atoms with van der Waals surface area (Å²) in [6, 6.07) is 11.8. The Morgan fingerprint density at radius 1 is 1.28 bits per heavy atom. The molecule has 0 aliphatic rings. The van der Waals surface area contributed by atoms with Crippen LogP contribution in [0, 0.1) is 0 Å². The highest BCUT2D eigenvalue weighted by Gasteiger charge is 2.08. The van der Waals surface area contributed by atoms with Gasteiger partial charge in [0.05, 0.1) is 0 Å². The van der Waals surface area contributed by atoms with Gasteiger partial charge in [-0.1, -0.05) is 47.1 Å². The fraction of sp³-hybridized carbons (Fsp3) is 0.0833. The molecule has 0 bridgehead atoms. The van der Waals surface area contributed by atoms with Crippen molar-refractivity contribution in [2.75, 3.05) is 0 Å². The lowest BCUT2D eigenvalue weighted by molar-refractivity contribution is 0.0964. The average molecular weight is 264 g/mol. The fourth-order valence-electron chi connectivity index (χ4n) is 1.48. The van der Waals surface area contributed by atoms with Crippen molar-refractivity contribution < 1.29 is 10.0 Å². The normalized spacial score (nSPS) is 11.5. The predicted octanol–water partition coefficient (Wildman–Crippen LogP) is 1.71. The average Bonchev–Trinajstić information content (AvgIpc) is 2.40. The Kier molecular flexibility index (Phi) is 3.74. The Morgan fingerprint density at radius 2 is 2.00 bits per heavy atom. The maximum Gasteiger partial charge on any atom is 0.188 e. The second-order valence-electron chi connectivity index (χ2n) is 3.56. The highest BCUT2D eigenvalue weighted by Crippen LogP contribution is 2.02. The van der Waals surface area contributed by atoms with Crippen molar-refractivity contribution >= 4 is 17.4 Å². The van der Waals surface area contributed by atoms with E-state index in [1.54, 1.807) is 24.3 Å². The molecule has 0 aliphatic heterocycles. The molecule has 2 rings (SSSR count). The number of hydrogen-bond acceptors (Lipinski definition) is 4. The third-order valence-corrected chi connectivity index (χ3v) is 2.54. The van der Waals surface area contributed by atoms with E-state index in [-0.39, 0.29) is 23.0 Å². The maximum atomic E-state index is 12.0. The fourth-order valence-corrected chi connectivity index (χ4v) is 1.64. The van der Waals surface area contributed by atoms with E-state index in [0.717, 1.165) is 0 Å². The standard InChI is InChI=1S/C12H10ClN3O2/c13-11-6-7-12(15-18)16(14-11)8-10(17)9-4-2-1-3-5-9/h1-7,18H,8H2/b15-12+. The zero-order chi connectivity index (χ0) is 13.0. The monoisotopic (exact) mass is 263 g/mol. The van der Waals surface area contributed by atoms with Gasteiger partial charge >= 0.3 is 0 Å². The lowest BCUT2D eigenvalue weighted by Gasteiger charge is -2.05. The van der Waals surface area contributed by atoms with Crippen LogP contribution in [0.15, 0.2) is 47.6 Å². The van der Waals surface area contributed by atoms with E-state index >= 15 is 0 Å². The van der Waals surface area contributed by atoms with Crippen molar-refractivity contribution in [3.8, 4) is 0 Å². The van der Waals surface area contributed by atoms with Gasteiger partial charge in [-0.2, -0.15) is 5.10 Å². The van der Waals surface area contributed by atoms with Gasteiger partial charge in [-0.15, -0.1) is 0 Å². The van der Waals surface area contributed by atoms with Gasteiger partial charge in [-0.25, -0.2) is 4.68 Å². The Hall–Kier alpha value is -2.14. The van der Waals surface area contributed by atoms with Crippen molar-refractivity contribution in [3.05, 3.63) is 58.7 Å². The number of carbonyl (C=O) groups excluding carboxylic acids is 1. The van der Waals surface area contributed by atoms with Crippen molar-refractivity contribution in [2.24, 2.45) is 5.16 Å². The first kappa shape index (κ1) is 12.3. The quantitative estimate of drug-likeness (QED) is 0.521. The largest absolute Gasteiger partial charge is 0.409 e. The molecule has 0 aliphatic carbocycles. The van der Waals surface area contributed by atoms with Gasteiger partial charge in [-0.3, -0.25) is 4.79 Å². The smallest absolute Gasteiger partial charge is 0.188 e. The van der Waals surface area contributed by atoms with Crippen LogP contribution in [0.1, 0.15) is 10.4 Å². The first-order valence-corrected chi connectivity index (χ1v) is 5.58. The van der Waals surface area contributed by atoms with E-state index < -0.39 is 0 Å². The Balaban J connectivity index is 2.30. The molecule has 2 aromatic rings. The summed E-state index contributed by atoms with van der Waals surface area (Å²) in [6.07, 6.45) is 0. The van der Waals surface area contributed by atoms with Crippen LogP contribution in [0.3, 0.4) is 0 Å². The molecular weight excluding hydrogens is 254 g/mol. The second kappa shape index (κ2) is 5.46. The van der Waals surface area contributed by atoms with Gasteiger partial charge in [0.25, 0.3) is 0 Å². The van der Waals surface area contributed by atoms with Crippen LogP contribution in [0.5, 0.6) is 0 Å². The first-order valence-electron chi connectivity index (χ1n) is 5.21. The molecule has 18 heavy (non-hydrogen) atoms. The molecule has 0 unspecified atom stereocenters. The van der Waals surface area contributed by atoms with Crippen molar-refractivity contribution in [1.29, 1.82) is 0 Å². The minimum Gasteiger partial charge on any atom is -0.409 e. The van der Waals surface area contributed by atoms with Gasteiger partial charge in [0, 0.05) is 5.56 Å². The van der Waals surface area contributed by atoms with Crippen LogP contribution in [0.2, 0.25) is 5.15 Å². The SMILES string of the molecule is O=C(Cn1nc(Cl)cc/c1=N\O)c1ccccc1. The van der Waals surface area contributed by atoms with E-state index in [1.165, 1.54) is 16.8 Å². The van der Waals surface area contributed by atoms with Gasteiger partial charge in [0.1, 0.15) is 11.7 Å². The number of nitrogens with zero attached hydrogens (tertiary/aromatic N) is 3. The molecule has 92 valence electrons. The number of benzene rings is 1. The summed E-state index contributed by atoms with van der Waals surface area (Å²) in [5, 5.41) is 16.0. The minimum absolute atomic E-state index is 0.0377. The summed E-state index contributed by atoms with van der Waals surface area (Å²) >= 11 is 5.74. The predicted molar refractivity (Wildman–Crippen MR) is 65.4 cm³/mol. The van der Waals surface area contributed by atoms with Crippen LogP contribution >= 0.6 is 11.6 Å². The number of carbonyl (C=O) groups is 1. The van der Waals surface area contributed by atoms with Crippen LogP contribution in [0.25, 0.3) is 0 Å². The minimum atomic E-state index is -0.139. The molecule has 0 atom stereocenters. The lowest BCUT2D eigenvalue weighted by Crippen LogP contribution is -2.27. The van der Waals surface area contributed by atoms with Crippen LogP contribution < -0.4 is 5.49 Å². The van der Waals surface area contributed by atoms with Gasteiger partial charge in [0.2, 0.25) is 0 Å². The van der Waals surface area contributed by atoms with Gasteiger partial charge in [-0.05, 0) is 12.1 Å². The summed E-state index contributed by atoms with van der Waals surface area (Å²) < 4.78 is 1.25. The van der Waals surface area contributed by atoms with Crippen LogP contribution in [-0.2, 0) is 6.54 Å². The molecule has 0 amide bonds. The Labute approximate surface area is 108 Å². The van der Waals surface area contributed by atoms with Crippen LogP contribution in [0.4, 0.5) is 0 Å². The highest BCUT2D eigenvalue weighted by molar-refractivity contribution is 6.29. The summed E-state index contributed by atoms with van der Waals surface area (Å²) in [5.41, 5.74) is 0.736.